The van der Waals surface area contributed by atoms with Gasteiger partial charge in [-0.05, 0) is 13.3 Å². The smallest absolute Gasteiger partial charge is 0.243 e. The lowest BCUT2D eigenvalue weighted by molar-refractivity contribution is -0.127. The summed E-state index contributed by atoms with van der Waals surface area (Å²) in [5, 5.41) is 5.64. The highest BCUT2D eigenvalue weighted by molar-refractivity contribution is 7.09. The van der Waals surface area contributed by atoms with Gasteiger partial charge < -0.3 is 15.8 Å². The number of aromatic nitrogens is 1. The van der Waals surface area contributed by atoms with Crippen molar-refractivity contribution in [2.75, 3.05) is 13.2 Å². The normalized spacial score (nSPS) is 26.6. The van der Waals surface area contributed by atoms with Crippen LogP contribution in [0.3, 0.4) is 0 Å². The second kappa shape index (κ2) is 4.48. The average molecular weight is 241 g/mol. The molecule has 2 rings (SSSR count). The van der Waals surface area contributed by atoms with Gasteiger partial charge in [-0.15, -0.1) is 11.3 Å². The van der Waals surface area contributed by atoms with Crippen LogP contribution in [0, 0.1) is 0 Å². The van der Waals surface area contributed by atoms with E-state index in [0.717, 1.165) is 5.01 Å². The molecule has 0 spiro atoms. The Bertz CT molecular complexity index is 360. The zero-order valence-corrected chi connectivity index (χ0v) is 9.92. The van der Waals surface area contributed by atoms with Gasteiger partial charge in [0.05, 0.1) is 12.6 Å². The number of thiazole rings is 1. The SMILES string of the molecule is CC(NC(=O)C1(N)CCOC1)c1nccs1. The standard InChI is InChI=1S/C10H15N3O2S/c1-7(8-12-3-5-16-8)13-9(14)10(11)2-4-15-6-10/h3,5,7H,2,4,6,11H2,1H3,(H,13,14). The van der Waals surface area contributed by atoms with E-state index in [0.29, 0.717) is 19.6 Å². The number of hydrogen-bond acceptors (Lipinski definition) is 5. The molecule has 2 atom stereocenters. The first-order chi connectivity index (χ1) is 7.62. The van der Waals surface area contributed by atoms with Crippen molar-refractivity contribution in [3.63, 3.8) is 0 Å². The Hall–Kier alpha value is -0.980. The Kier molecular flexibility index (Phi) is 3.22. The summed E-state index contributed by atoms with van der Waals surface area (Å²) in [6.45, 7) is 2.74. The zero-order chi connectivity index (χ0) is 11.6. The molecule has 0 aliphatic carbocycles. The minimum absolute atomic E-state index is 0.103. The van der Waals surface area contributed by atoms with E-state index in [1.54, 1.807) is 6.20 Å². The number of nitrogens with one attached hydrogen (secondary N) is 1. The van der Waals surface area contributed by atoms with Crippen LogP contribution in [0.25, 0.3) is 0 Å². The fourth-order valence-electron chi connectivity index (χ4n) is 1.61. The predicted molar refractivity (Wildman–Crippen MR) is 61.0 cm³/mol. The molecule has 3 N–H and O–H groups in total. The highest BCUT2D eigenvalue weighted by Gasteiger charge is 2.38. The molecule has 0 aromatic carbocycles. The second-order valence-electron chi connectivity index (χ2n) is 4.02. The molecule has 1 aliphatic rings. The quantitative estimate of drug-likeness (QED) is 0.805. The van der Waals surface area contributed by atoms with Gasteiger partial charge in [0.15, 0.2) is 0 Å². The molecule has 2 unspecified atom stereocenters. The van der Waals surface area contributed by atoms with Gasteiger partial charge in [-0.1, -0.05) is 0 Å². The third-order valence-electron chi connectivity index (χ3n) is 2.67. The Morgan fingerprint density at radius 2 is 2.62 bits per heavy atom. The molecule has 2 heterocycles. The molecular formula is C10H15N3O2S. The van der Waals surface area contributed by atoms with Gasteiger partial charge in [-0.3, -0.25) is 4.79 Å². The van der Waals surface area contributed by atoms with E-state index in [-0.39, 0.29) is 11.9 Å². The van der Waals surface area contributed by atoms with Crippen LogP contribution in [-0.4, -0.2) is 29.6 Å². The lowest BCUT2D eigenvalue weighted by atomic mass is 9.99. The fraction of sp³-hybridized carbons (Fsp3) is 0.600. The predicted octanol–water partition coefficient (Wildman–Crippen LogP) is 0.438. The van der Waals surface area contributed by atoms with Crippen molar-refractivity contribution in [2.24, 2.45) is 5.73 Å². The third-order valence-corrected chi connectivity index (χ3v) is 3.63. The fourth-order valence-corrected chi connectivity index (χ4v) is 2.26. The molecule has 1 saturated heterocycles. The molecule has 5 nitrogen and oxygen atoms in total. The minimum Gasteiger partial charge on any atom is -0.379 e. The summed E-state index contributed by atoms with van der Waals surface area (Å²) in [7, 11) is 0. The van der Waals surface area contributed by atoms with Crippen LogP contribution in [0.2, 0.25) is 0 Å². The van der Waals surface area contributed by atoms with E-state index in [1.165, 1.54) is 11.3 Å². The van der Waals surface area contributed by atoms with E-state index in [9.17, 15) is 4.79 Å². The highest BCUT2D eigenvalue weighted by atomic mass is 32.1. The van der Waals surface area contributed by atoms with E-state index in [2.05, 4.69) is 10.3 Å². The zero-order valence-electron chi connectivity index (χ0n) is 9.10. The maximum Gasteiger partial charge on any atom is 0.243 e. The van der Waals surface area contributed by atoms with Crippen molar-refractivity contribution in [3.05, 3.63) is 16.6 Å². The Morgan fingerprint density at radius 3 is 3.19 bits per heavy atom. The van der Waals surface area contributed by atoms with Crippen molar-refractivity contribution >= 4 is 17.2 Å². The topological polar surface area (TPSA) is 77.2 Å². The molecule has 88 valence electrons. The molecule has 0 saturated carbocycles. The molecule has 16 heavy (non-hydrogen) atoms. The molecule has 1 amide bonds. The minimum atomic E-state index is -0.870. The number of rotatable bonds is 3. The molecular weight excluding hydrogens is 226 g/mol. The first kappa shape index (κ1) is 11.5. The molecule has 1 aliphatic heterocycles. The largest absolute Gasteiger partial charge is 0.379 e. The molecule has 0 bridgehead atoms. The Balaban J connectivity index is 1.97. The maximum absolute atomic E-state index is 11.9. The van der Waals surface area contributed by atoms with Gasteiger partial charge >= 0.3 is 0 Å². The molecule has 6 heteroatoms. The third kappa shape index (κ3) is 2.23. The summed E-state index contributed by atoms with van der Waals surface area (Å²) in [6.07, 6.45) is 2.29. The summed E-state index contributed by atoms with van der Waals surface area (Å²) in [5.41, 5.74) is 5.08. The van der Waals surface area contributed by atoms with Crippen LogP contribution >= 0.6 is 11.3 Å². The van der Waals surface area contributed by atoms with E-state index >= 15 is 0 Å². The Labute approximate surface area is 98.0 Å². The highest BCUT2D eigenvalue weighted by Crippen LogP contribution is 2.19. The lowest BCUT2D eigenvalue weighted by Crippen LogP contribution is -2.54. The van der Waals surface area contributed by atoms with Gasteiger partial charge in [-0.2, -0.15) is 0 Å². The van der Waals surface area contributed by atoms with Crippen LogP contribution in [0.1, 0.15) is 24.4 Å². The van der Waals surface area contributed by atoms with Crippen molar-refractivity contribution < 1.29 is 9.53 Å². The average Bonchev–Trinajstić information content (AvgIpc) is 2.88. The van der Waals surface area contributed by atoms with E-state index in [1.807, 2.05) is 12.3 Å². The lowest BCUT2D eigenvalue weighted by Gasteiger charge is -2.22. The van der Waals surface area contributed by atoms with Crippen LogP contribution < -0.4 is 11.1 Å². The van der Waals surface area contributed by atoms with Crippen molar-refractivity contribution in [2.45, 2.75) is 24.9 Å². The summed E-state index contributed by atoms with van der Waals surface area (Å²) in [5.74, 6) is -0.160. The van der Waals surface area contributed by atoms with Crippen molar-refractivity contribution in [3.8, 4) is 0 Å². The number of carbonyl (C=O) groups excluding carboxylic acids is 1. The van der Waals surface area contributed by atoms with Gasteiger partial charge in [0, 0.05) is 18.2 Å². The second-order valence-corrected chi connectivity index (χ2v) is 4.95. The van der Waals surface area contributed by atoms with Gasteiger partial charge in [-0.25, -0.2) is 4.98 Å². The van der Waals surface area contributed by atoms with Crippen molar-refractivity contribution in [1.82, 2.24) is 10.3 Å². The summed E-state index contributed by atoms with van der Waals surface area (Å²) in [4.78, 5) is 16.1. The summed E-state index contributed by atoms with van der Waals surface area (Å²) < 4.78 is 5.15. The number of nitrogens with two attached hydrogens (primary N) is 1. The first-order valence-corrected chi connectivity index (χ1v) is 6.07. The number of nitrogens with zero attached hydrogens (tertiary/aromatic N) is 1. The van der Waals surface area contributed by atoms with Crippen LogP contribution in [0.15, 0.2) is 11.6 Å². The van der Waals surface area contributed by atoms with Crippen LogP contribution in [-0.2, 0) is 9.53 Å². The van der Waals surface area contributed by atoms with Crippen LogP contribution in [0.5, 0.6) is 0 Å². The van der Waals surface area contributed by atoms with Gasteiger partial charge in [0.25, 0.3) is 0 Å². The molecule has 1 aromatic rings. The number of amides is 1. The monoisotopic (exact) mass is 241 g/mol. The van der Waals surface area contributed by atoms with Gasteiger partial charge in [0.2, 0.25) is 5.91 Å². The maximum atomic E-state index is 11.9. The first-order valence-electron chi connectivity index (χ1n) is 5.19. The van der Waals surface area contributed by atoms with Crippen molar-refractivity contribution in [1.29, 1.82) is 0 Å². The summed E-state index contributed by atoms with van der Waals surface area (Å²) in [6, 6.07) is -0.103. The molecule has 0 radical (unpaired) electrons. The Morgan fingerprint density at radius 1 is 1.81 bits per heavy atom. The van der Waals surface area contributed by atoms with E-state index in [4.69, 9.17) is 10.5 Å². The van der Waals surface area contributed by atoms with E-state index < -0.39 is 5.54 Å². The summed E-state index contributed by atoms with van der Waals surface area (Å²) >= 11 is 1.52. The number of ether oxygens (including phenoxy) is 1. The van der Waals surface area contributed by atoms with Gasteiger partial charge in [0.1, 0.15) is 10.5 Å². The number of carbonyl (C=O) groups is 1. The van der Waals surface area contributed by atoms with Crippen LogP contribution in [0.4, 0.5) is 0 Å². The number of hydrogen-bond donors (Lipinski definition) is 2. The molecule has 1 aromatic heterocycles. The molecule has 1 fully saturated rings.